The second-order valence-electron chi connectivity index (χ2n) is 5.29. The van der Waals surface area contributed by atoms with Crippen LogP contribution in [0, 0.1) is 6.92 Å². The highest BCUT2D eigenvalue weighted by Gasteiger charge is 2.17. The first-order valence-corrected chi connectivity index (χ1v) is 6.72. The van der Waals surface area contributed by atoms with Crippen LogP contribution in [0.3, 0.4) is 0 Å². The number of rotatable bonds is 3. The van der Waals surface area contributed by atoms with Crippen molar-refractivity contribution in [1.29, 1.82) is 0 Å². The molecule has 1 fully saturated rings. The topological polar surface area (TPSA) is 32.3 Å². The molecular weight excluding hydrogens is 210 g/mol. The molecule has 1 aliphatic rings. The first-order chi connectivity index (χ1) is 8.16. The molecule has 1 unspecified atom stereocenters. The van der Waals surface area contributed by atoms with E-state index in [1.165, 1.54) is 32.1 Å². The predicted molar refractivity (Wildman–Crippen MR) is 71.3 cm³/mol. The van der Waals surface area contributed by atoms with Gasteiger partial charge in [-0.3, -0.25) is 0 Å². The zero-order chi connectivity index (χ0) is 12.3. The maximum atomic E-state index is 9.95. The van der Waals surface area contributed by atoms with Crippen LogP contribution in [0.25, 0.3) is 0 Å². The molecule has 94 valence electrons. The Kier molecular flexibility index (Phi) is 4.06. The van der Waals surface area contributed by atoms with Crippen molar-refractivity contribution in [3.05, 3.63) is 29.3 Å². The van der Waals surface area contributed by atoms with Gasteiger partial charge in [-0.2, -0.15) is 0 Å². The van der Waals surface area contributed by atoms with Crippen molar-refractivity contribution in [2.75, 3.05) is 0 Å². The van der Waals surface area contributed by atoms with Gasteiger partial charge in [-0.1, -0.05) is 31.4 Å². The highest BCUT2D eigenvalue weighted by Crippen LogP contribution is 2.27. The third kappa shape index (κ3) is 3.22. The summed E-state index contributed by atoms with van der Waals surface area (Å²) in [5.41, 5.74) is 2.12. The van der Waals surface area contributed by atoms with E-state index >= 15 is 0 Å². The van der Waals surface area contributed by atoms with Gasteiger partial charge in [-0.15, -0.1) is 0 Å². The van der Waals surface area contributed by atoms with E-state index in [2.05, 4.69) is 18.3 Å². The minimum atomic E-state index is 0.235. The maximum absolute atomic E-state index is 9.95. The molecule has 1 aliphatic carbocycles. The molecule has 2 nitrogen and oxygen atoms in total. The van der Waals surface area contributed by atoms with Crippen LogP contribution in [0.5, 0.6) is 5.75 Å². The third-order valence-electron chi connectivity index (χ3n) is 3.74. The lowest BCUT2D eigenvalue weighted by Crippen LogP contribution is -2.33. The van der Waals surface area contributed by atoms with Crippen molar-refractivity contribution < 1.29 is 5.11 Å². The standard InChI is InChI=1S/C15H23NO/c1-11-8-9-14(15(17)10-11)12(2)16-13-6-4-3-5-7-13/h8-10,12-13,16-17H,3-7H2,1-2H3. The van der Waals surface area contributed by atoms with Crippen LogP contribution in [0.1, 0.15) is 56.2 Å². The molecule has 2 N–H and O–H groups in total. The highest BCUT2D eigenvalue weighted by atomic mass is 16.3. The number of phenols is 1. The van der Waals surface area contributed by atoms with Gasteiger partial charge < -0.3 is 10.4 Å². The summed E-state index contributed by atoms with van der Waals surface area (Å²) in [4.78, 5) is 0. The molecule has 0 radical (unpaired) electrons. The van der Waals surface area contributed by atoms with E-state index in [1.54, 1.807) is 0 Å². The van der Waals surface area contributed by atoms with E-state index in [-0.39, 0.29) is 6.04 Å². The molecule has 1 saturated carbocycles. The Balaban J connectivity index is 2.00. The quantitative estimate of drug-likeness (QED) is 0.834. The second-order valence-corrected chi connectivity index (χ2v) is 5.29. The van der Waals surface area contributed by atoms with Gasteiger partial charge >= 0.3 is 0 Å². The lowest BCUT2D eigenvalue weighted by molar-refractivity contribution is 0.342. The third-order valence-corrected chi connectivity index (χ3v) is 3.74. The average molecular weight is 233 g/mol. The largest absolute Gasteiger partial charge is 0.508 e. The van der Waals surface area contributed by atoms with Gasteiger partial charge in [0.1, 0.15) is 5.75 Å². The molecule has 2 rings (SSSR count). The number of aromatic hydroxyl groups is 1. The Bertz CT molecular complexity index is 369. The predicted octanol–water partition coefficient (Wildman–Crippen LogP) is 3.68. The summed E-state index contributed by atoms with van der Waals surface area (Å²) in [6.45, 7) is 4.14. The first-order valence-electron chi connectivity index (χ1n) is 6.72. The van der Waals surface area contributed by atoms with Crippen molar-refractivity contribution in [3.8, 4) is 5.75 Å². The van der Waals surface area contributed by atoms with Crippen LogP contribution in [-0.2, 0) is 0 Å². The van der Waals surface area contributed by atoms with E-state index in [0.717, 1.165) is 11.1 Å². The molecule has 2 heteroatoms. The van der Waals surface area contributed by atoms with Gasteiger partial charge in [0.15, 0.2) is 0 Å². The molecule has 17 heavy (non-hydrogen) atoms. The summed E-state index contributed by atoms with van der Waals surface area (Å²) >= 11 is 0. The molecule has 0 spiro atoms. The number of aryl methyl sites for hydroxylation is 1. The zero-order valence-electron chi connectivity index (χ0n) is 10.9. The summed E-state index contributed by atoms with van der Waals surface area (Å²) < 4.78 is 0. The summed E-state index contributed by atoms with van der Waals surface area (Å²) in [7, 11) is 0. The van der Waals surface area contributed by atoms with Crippen LogP contribution in [0.2, 0.25) is 0 Å². The summed E-state index contributed by atoms with van der Waals surface area (Å²) in [5.74, 6) is 0.417. The Labute approximate surface area is 104 Å². The van der Waals surface area contributed by atoms with Gasteiger partial charge in [-0.05, 0) is 38.3 Å². The fourth-order valence-corrected chi connectivity index (χ4v) is 2.73. The number of benzene rings is 1. The van der Waals surface area contributed by atoms with Crippen molar-refractivity contribution in [3.63, 3.8) is 0 Å². The SMILES string of the molecule is Cc1ccc(C(C)NC2CCCCC2)c(O)c1. The summed E-state index contributed by atoms with van der Waals surface area (Å²) in [6.07, 6.45) is 6.60. The van der Waals surface area contributed by atoms with Crippen molar-refractivity contribution in [2.24, 2.45) is 0 Å². The molecule has 0 saturated heterocycles. The Morgan fingerprint density at radius 1 is 1.24 bits per heavy atom. The van der Waals surface area contributed by atoms with E-state index in [4.69, 9.17) is 0 Å². The molecule has 0 bridgehead atoms. The second kappa shape index (κ2) is 5.54. The fourth-order valence-electron chi connectivity index (χ4n) is 2.73. The maximum Gasteiger partial charge on any atom is 0.120 e. The minimum absolute atomic E-state index is 0.235. The van der Waals surface area contributed by atoms with Crippen LogP contribution in [0.15, 0.2) is 18.2 Å². The average Bonchev–Trinajstić information content (AvgIpc) is 2.30. The summed E-state index contributed by atoms with van der Waals surface area (Å²) in [6, 6.07) is 6.80. The molecule has 0 amide bonds. The number of hydrogen-bond donors (Lipinski definition) is 2. The van der Waals surface area contributed by atoms with Gasteiger partial charge in [-0.25, -0.2) is 0 Å². The molecular formula is C15H23NO. The zero-order valence-corrected chi connectivity index (χ0v) is 10.9. The van der Waals surface area contributed by atoms with Crippen LogP contribution < -0.4 is 5.32 Å². The molecule has 0 aliphatic heterocycles. The van der Waals surface area contributed by atoms with Gasteiger partial charge in [0.2, 0.25) is 0 Å². The van der Waals surface area contributed by atoms with Crippen LogP contribution >= 0.6 is 0 Å². The number of nitrogens with one attached hydrogen (secondary N) is 1. The van der Waals surface area contributed by atoms with Crippen LogP contribution in [0.4, 0.5) is 0 Å². The van der Waals surface area contributed by atoms with E-state index < -0.39 is 0 Å². The lowest BCUT2D eigenvalue weighted by atomic mass is 9.94. The highest BCUT2D eigenvalue weighted by molar-refractivity contribution is 5.37. The van der Waals surface area contributed by atoms with E-state index in [9.17, 15) is 5.11 Å². The van der Waals surface area contributed by atoms with Crippen molar-refractivity contribution in [2.45, 2.75) is 58.0 Å². The first kappa shape index (κ1) is 12.4. The van der Waals surface area contributed by atoms with Crippen molar-refractivity contribution >= 4 is 0 Å². The lowest BCUT2D eigenvalue weighted by Gasteiger charge is -2.27. The number of phenolic OH excluding ortho intramolecular Hbond substituents is 1. The fraction of sp³-hybridized carbons (Fsp3) is 0.600. The Morgan fingerprint density at radius 3 is 2.59 bits per heavy atom. The van der Waals surface area contributed by atoms with Gasteiger partial charge in [0.25, 0.3) is 0 Å². The number of hydrogen-bond acceptors (Lipinski definition) is 2. The van der Waals surface area contributed by atoms with Crippen molar-refractivity contribution in [1.82, 2.24) is 5.32 Å². The molecule has 0 aromatic heterocycles. The smallest absolute Gasteiger partial charge is 0.120 e. The molecule has 1 aromatic carbocycles. The summed E-state index contributed by atoms with van der Waals surface area (Å²) in [5, 5.41) is 13.6. The van der Waals surface area contributed by atoms with Gasteiger partial charge in [0.05, 0.1) is 0 Å². The van der Waals surface area contributed by atoms with E-state index in [0.29, 0.717) is 11.8 Å². The Morgan fingerprint density at radius 2 is 1.94 bits per heavy atom. The van der Waals surface area contributed by atoms with Crippen LogP contribution in [-0.4, -0.2) is 11.1 Å². The minimum Gasteiger partial charge on any atom is -0.508 e. The van der Waals surface area contributed by atoms with E-state index in [1.807, 2.05) is 19.1 Å². The molecule has 0 heterocycles. The normalized spacial score (nSPS) is 19.2. The molecule has 1 atom stereocenters. The molecule has 1 aromatic rings. The monoisotopic (exact) mass is 233 g/mol. The Hall–Kier alpha value is -1.02. The van der Waals surface area contributed by atoms with Gasteiger partial charge in [0, 0.05) is 17.6 Å².